The van der Waals surface area contributed by atoms with E-state index < -0.39 is 12.1 Å². The summed E-state index contributed by atoms with van der Waals surface area (Å²) in [5.74, 6) is -0.214. The summed E-state index contributed by atoms with van der Waals surface area (Å²) in [6.07, 6.45) is -0.722. The van der Waals surface area contributed by atoms with Gasteiger partial charge < -0.3 is 9.47 Å². The molecule has 1 N–H and O–H groups in total. The van der Waals surface area contributed by atoms with Crippen LogP contribution in [0.4, 0.5) is 10.5 Å². The van der Waals surface area contributed by atoms with Gasteiger partial charge >= 0.3 is 12.1 Å². The number of esters is 1. The number of amides is 1. The lowest BCUT2D eigenvalue weighted by atomic mass is 10.2. The van der Waals surface area contributed by atoms with Crippen molar-refractivity contribution in [3.8, 4) is 5.75 Å². The van der Waals surface area contributed by atoms with Crippen LogP contribution in [0.2, 0.25) is 5.02 Å². The molecule has 0 aromatic heterocycles. The van der Waals surface area contributed by atoms with Gasteiger partial charge in [0.1, 0.15) is 12.4 Å². The Bertz CT molecular complexity index is 929. The smallest absolute Gasteiger partial charge is 0.417 e. The Hall–Kier alpha value is -3.31. The number of carbonyl (C=O) groups is 2. The Morgan fingerprint density at radius 3 is 2.26 bits per heavy atom. The highest BCUT2D eigenvalue weighted by atomic mass is 35.5. The average molecular weight is 382 g/mol. The van der Waals surface area contributed by atoms with Gasteiger partial charge in [0.05, 0.1) is 11.3 Å². The largest absolute Gasteiger partial charge is 0.457 e. The Morgan fingerprint density at radius 2 is 1.56 bits per heavy atom. The number of para-hydroxylation sites is 1. The molecule has 0 aliphatic heterocycles. The summed E-state index contributed by atoms with van der Waals surface area (Å²) in [5, 5.41) is 2.90. The van der Waals surface area contributed by atoms with Crippen LogP contribution in [0.5, 0.6) is 5.75 Å². The van der Waals surface area contributed by atoms with Gasteiger partial charge in [0.15, 0.2) is 0 Å². The number of ether oxygens (including phenoxy) is 2. The molecule has 0 unspecified atom stereocenters. The van der Waals surface area contributed by atoms with Crippen molar-refractivity contribution >= 4 is 29.4 Å². The number of benzene rings is 3. The van der Waals surface area contributed by atoms with Gasteiger partial charge in [-0.15, -0.1) is 0 Å². The minimum Gasteiger partial charge on any atom is -0.457 e. The molecule has 136 valence electrons. The van der Waals surface area contributed by atoms with Crippen molar-refractivity contribution in [1.29, 1.82) is 0 Å². The van der Waals surface area contributed by atoms with Crippen molar-refractivity contribution in [3.05, 3.63) is 95.0 Å². The van der Waals surface area contributed by atoms with E-state index in [0.29, 0.717) is 10.8 Å². The normalized spacial score (nSPS) is 10.1. The zero-order chi connectivity index (χ0) is 19.1. The molecular weight excluding hydrogens is 366 g/mol. The third-order valence-electron chi connectivity index (χ3n) is 3.60. The number of hydrogen-bond acceptors (Lipinski definition) is 4. The topological polar surface area (TPSA) is 64.6 Å². The minimum atomic E-state index is -0.722. The second-order valence-electron chi connectivity index (χ2n) is 5.58. The fourth-order valence-corrected chi connectivity index (χ4v) is 2.50. The summed E-state index contributed by atoms with van der Waals surface area (Å²) >= 11 is 5.99. The van der Waals surface area contributed by atoms with Crippen molar-refractivity contribution in [2.75, 3.05) is 5.32 Å². The van der Waals surface area contributed by atoms with E-state index in [1.54, 1.807) is 30.3 Å². The van der Waals surface area contributed by atoms with Crippen molar-refractivity contribution < 1.29 is 19.1 Å². The monoisotopic (exact) mass is 381 g/mol. The molecule has 0 aliphatic carbocycles. The molecule has 3 aromatic carbocycles. The fourth-order valence-electron chi connectivity index (χ4n) is 2.33. The summed E-state index contributed by atoms with van der Waals surface area (Å²) < 4.78 is 10.5. The zero-order valence-corrected chi connectivity index (χ0v) is 15.0. The Kier molecular flexibility index (Phi) is 6.07. The number of carbonyl (C=O) groups excluding carboxylic acids is 2. The van der Waals surface area contributed by atoms with Crippen LogP contribution in [0.15, 0.2) is 78.9 Å². The highest BCUT2D eigenvalue weighted by Crippen LogP contribution is 2.23. The van der Waals surface area contributed by atoms with E-state index in [4.69, 9.17) is 21.1 Å². The molecule has 0 saturated heterocycles. The quantitative estimate of drug-likeness (QED) is 0.608. The molecule has 3 rings (SSSR count). The Balaban J connectivity index is 1.70. The first-order chi connectivity index (χ1) is 13.1. The van der Waals surface area contributed by atoms with Crippen LogP contribution >= 0.6 is 11.6 Å². The second kappa shape index (κ2) is 8.87. The molecule has 0 spiro atoms. The highest BCUT2D eigenvalue weighted by Gasteiger charge is 2.17. The van der Waals surface area contributed by atoms with E-state index in [-0.39, 0.29) is 17.9 Å². The van der Waals surface area contributed by atoms with E-state index in [2.05, 4.69) is 5.32 Å². The first kappa shape index (κ1) is 18.5. The van der Waals surface area contributed by atoms with Gasteiger partial charge in [-0.2, -0.15) is 0 Å². The van der Waals surface area contributed by atoms with E-state index in [1.807, 2.05) is 36.4 Å². The number of halogens is 1. The van der Waals surface area contributed by atoms with Gasteiger partial charge in [-0.05, 0) is 35.9 Å². The number of nitrogens with one attached hydrogen (secondary N) is 1. The third kappa shape index (κ3) is 5.33. The van der Waals surface area contributed by atoms with Crippen LogP contribution in [-0.2, 0) is 11.3 Å². The van der Waals surface area contributed by atoms with Gasteiger partial charge in [-0.3, -0.25) is 5.32 Å². The van der Waals surface area contributed by atoms with Crippen LogP contribution in [0, 0.1) is 0 Å². The summed E-state index contributed by atoms with van der Waals surface area (Å²) in [6.45, 7) is 0.111. The first-order valence-electron chi connectivity index (χ1n) is 8.16. The van der Waals surface area contributed by atoms with Crippen LogP contribution in [0.25, 0.3) is 0 Å². The van der Waals surface area contributed by atoms with Crippen molar-refractivity contribution in [1.82, 2.24) is 0 Å². The van der Waals surface area contributed by atoms with Crippen molar-refractivity contribution in [2.45, 2.75) is 6.61 Å². The third-order valence-corrected chi connectivity index (χ3v) is 3.84. The lowest BCUT2D eigenvalue weighted by Gasteiger charge is -2.12. The molecule has 0 atom stereocenters. The fraction of sp³-hybridized carbons (Fsp3) is 0.0476. The molecule has 0 heterocycles. The molecule has 0 bridgehead atoms. The maximum atomic E-state index is 12.5. The van der Waals surface area contributed by atoms with Crippen LogP contribution in [-0.4, -0.2) is 12.1 Å². The lowest BCUT2D eigenvalue weighted by Crippen LogP contribution is -2.19. The number of hydrogen-bond donors (Lipinski definition) is 1. The first-order valence-corrected chi connectivity index (χ1v) is 8.54. The Morgan fingerprint density at radius 1 is 0.889 bits per heavy atom. The molecule has 0 radical (unpaired) electrons. The molecule has 5 nitrogen and oxygen atoms in total. The molecule has 6 heteroatoms. The van der Waals surface area contributed by atoms with E-state index in [9.17, 15) is 9.59 Å². The molecule has 0 saturated carbocycles. The van der Waals surface area contributed by atoms with Gasteiger partial charge in [0.2, 0.25) is 0 Å². The minimum absolute atomic E-state index is 0.111. The van der Waals surface area contributed by atoms with E-state index in [0.717, 1.165) is 5.56 Å². The van der Waals surface area contributed by atoms with Gasteiger partial charge in [-0.1, -0.05) is 60.1 Å². The molecular formula is C21H16ClNO4. The highest BCUT2D eigenvalue weighted by molar-refractivity contribution is 6.31. The van der Waals surface area contributed by atoms with Crippen molar-refractivity contribution in [2.24, 2.45) is 0 Å². The van der Waals surface area contributed by atoms with Crippen molar-refractivity contribution in [3.63, 3.8) is 0 Å². The molecule has 1 amide bonds. The van der Waals surface area contributed by atoms with Gasteiger partial charge in [-0.25, -0.2) is 9.59 Å². The maximum Gasteiger partial charge on any atom is 0.417 e. The maximum absolute atomic E-state index is 12.5. The standard InChI is InChI=1S/C21H16ClNO4/c22-16-11-12-19(23-21(25)27-17-9-5-2-6-10-17)18(13-16)20(24)26-14-15-7-3-1-4-8-15/h1-13H,14H2,(H,23,25). The summed E-state index contributed by atoms with van der Waals surface area (Å²) in [4.78, 5) is 24.6. The van der Waals surface area contributed by atoms with Gasteiger partial charge in [0.25, 0.3) is 0 Å². The second-order valence-corrected chi connectivity index (χ2v) is 6.02. The summed E-state index contributed by atoms with van der Waals surface area (Å²) in [7, 11) is 0. The molecule has 3 aromatic rings. The molecule has 0 fully saturated rings. The van der Waals surface area contributed by atoms with Gasteiger partial charge in [0, 0.05) is 5.02 Å². The molecule has 0 aliphatic rings. The average Bonchev–Trinajstić information content (AvgIpc) is 2.69. The summed E-state index contributed by atoms with van der Waals surface area (Å²) in [6, 6.07) is 22.4. The van der Waals surface area contributed by atoms with Crippen LogP contribution in [0.1, 0.15) is 15.9 Å². The van der Waals surface area contributed by atoms with Crippen LogP contribution < -0.4 is 10.1 Å². The Labute approximate surface area is 161 Å². The predicted molar refractivity (Wildman–Crippen MR) is 103 cm³/mol. The van der Waals surface area contributed by atoms with E-state index >= 15 is 0 Å². The van der Waals surface area contributed by atoms with E-state index in [1.165, 1.54) is 12.1 Å². The lowest BCUT2D eigenvalue weighted by molar-refractivity contribution is 0.0474. The predicted octanol–water partition coefficient (Wildman–Crippen LogP) is 5.31. The number of anilines is 1. The SMILES string of the molecule is O=C(Nc1ccc(Cl)cc1C(=O)OCc1ccccc1)Oc1ccccc1. The van der Waals surface area contributed by atoms with Crippen LogP contribution in [0.3, 0.4) is 0 Å². The zero-order valence-electron chi connectivity index (χ0n) is 14.2. The summed E-state index contributed by atoms with van der Waals surface area (Å²) in [5.41, 5.74) is 1.24. The molecule has 27 heavy (non-hydrogen) atoms. The number of rotatable bonds is 5.